The molecule has 0 aliphatic carbocycles. The lowest BCUT2D eigenvalue weighted by atomic mass is 9.72. The molecular weight excluding hydrogens is 538 g/mol. The van der Waals surface area contributed by atoms with Crippen molar-refractivity contribution in [1.29, 1.82) is 0 Å². The highest BCUT2D eigenvalue weighted by molar-refractivity contribution is 7.22. The smallest absolute Gasteiger partial charge is 0.348 e. The van der Waals surface area contributed by atoms with E-state index in [1.165, 1.54) is 12.1 Å². The Labute approximate surface area is 215 Å². The quantitative estimate of drug-likeness (QED) is 0.232. The highest BCUT2D eigenvalue weighted by atomic mass is 32.1. The van der Waals surface area contributed by atoms with Gasteiger partial charge in [-0.3, -0.25) is 19.8 Å². The summed E-state index contributed by atoms with van der Waals surface area (Å²) in [4.78, 5) is 31.1. The molecular formula is C24H20F6N4O3S. The maximum atomic E-state index is 13.2. The molecule has 1 spiro atoms. The Bertz CT molecular complexity index is 1440. The first-order valence-electron chi connectivity index (χ1n) is 11.6. The van der Waals surface area contributed by atoms with Crippen molar-refractivity contribution >= 4 is 32.2 Å². The average molecular weight is 559 g/mol. The summed E-state index contributed by atoms with van der Waals surface area (Å²) in [5.74, 6) is 0. The van der Waals surface area contributed by atoms with Crippen LogP contribution in [0.3, 0.4) is 0 Å². The van der Waals surface area contributed by atoms with Gasteiger partial charge in [0.1, 0.15) is 4.70 Å². The molecule has 2 aromatic carbocycles. The lowest BCUT2D eigenvalue weighted by Crippen LogP contribution is -2.59. The van der Waals surface area contributed by atoms with Crippen molar-refractivity contribution in [2.45, 2.75) is 31.7 Å². The zero-order valence-corrected chi connectivity index (χ0v) is 20.4. The van der Waals surface area contributed by atoms with Gasteiger partial charge in [-0.25, -0.2) is 0 Å². The van der Waals surface area contributed by atoms with Gasteiger partial charge in [-0.15, -0.1) is 0 Å². The summed E-state index contributed by atoms with van der Waals surface area (Å²) in [7, 11) is 0. The van der Waals surface area contributed by atoms with E-state index < -0.39 is 45.0 Å². The van der Waals surface area contributed by atoms with Crippen molar-refractivity contribution in [2.24, 2.45) is 5.41 Å². The number of rotatable bonds is 4. The van der Waals surface area contributed by atoms with Crippen LogP contribution in [0.5, 0.6) is 0 Å². The first-order valence-corrected chi connectivity index (χ1v) is 12.4. The van der Waals surface area contributed by atoms with Gasteiger partial charge in [0.05, 0.1) is 21.4 Å². The fourth-order valence-corrected chi connectivity index (χ4v) is 6.25. The minimum atomic E-state index is -4.85. The molecule has 3 aromatic rings. The summed E-state index contributed by atoms with van der Waals surface area (Å²) in [5, 5.41) is 11.3. The third-order valence-electron chi connectivity index (χ3n) is 7.11. The number of hydrogen-bond donors (Lipinski definition) is 0. The molecule has 0 bridgehead atoms. The van der Waals surface area contributed by atoms with Crippen molar-refractivity contribution in [1.82, 2.24) is 9.88 Å². The Morgan fingerprint density at radius 3 is 2.13 bits per heavy atom. The topological polar surface area (TPSA) is 79.6 Å². The van der Waals surface area contributed by atoms with Gasteiger partial charge in [-0.1, -0.05) is 23.5 Å². The predicted molar refractivity (Wildman–Crippen MR) is 128 cm³/mol. The third kappa shape index (κ3) is 5.06. The van der Waals surface area contributed by atoms with E-state index >= 15 is 0 Å². The second-order valence-corrected chi connectivity index (χ2v) is 10.7. The number of fused-ring (bicyclic) bond motifs is 1. The molecule has 2 fully saturated rings. The summed E-state index contributed by atoms with van der Waals surface area (Å²) in [6.07, 6.45) is -7.74. The van der Waals surface area contributed by atoms with Gasteiger partial charge in [0.2, 0.25) is 0 Å². The molecule has 3 heterocycles. The van der Waals surface area contributed by atoms with Crippen LogP contribution < -0.4 is 10.5 Å². The molecule has 2 aliphatic heterocycles. The standard InChI is InChI=1S/C24H20F6N4O3S/c25-23(26,27)15-3-1-14(2-4-15)11-32-12-22(13-32)5-7-33(8-6-22)21-31-20(35)17-9-16(24(28,29)30)10-18(34(36)37)19(17)38-21/h1-4,9-10H,5-8,11-13H2. The lowest BCUT2D eigenvalue weighted by Gasteiger charge is -2.54. The van der Waals surface area contributed by atoms with Gasteiger partial charge >= 0.3 is 12.4 Å². The predicted octanol–water partition coefficient (Wildman–Crippen LogP) is 5.70. The number of nitrogens with zero attached hydrogens (tertiary/aromatic N) is 4. The van der Waals surface area contributed by atoms with Gasteiger partial charge in [0.15, 0.2) is 5.13 Å². The number of nitro groups is 1. The molecule has 14 heteroatoms. The second-order valence-electron chi connectivity index (χ2n) is 9.76. The fraction of sp³-hybridized carbons (Fsp3) is 0.417. The Balaban J connectivity index is 1.27. The first-order chi connectivity index (χ1) is 17.7. The summed E-state index contributed by atoms with van der Waals surface area (Å²) in [5.41, 5.74) is -2.91. The Hall–Kier alpha value is -3.26. The molecule has 202 valence electrons. The van der Waals surface area contributed by atoms with Gasteiger partial charge in [0, 0.05) is 38.8 Å². The van der Waals surface area contributed by atoms with Crippen LogP contribution in [0.4, 0.5) is 37.2 Å². The van der Waals surface area contributed by atoms with E-state index in [4.69, 9.17) is 0 Å². The molecule has 38 heavy (non-hydrogen) atoms. The highest BCUT2D eigenvalue weighted by Crippen LogP contribution is 2.43. The van der Waals surface area contributed by atoms with Gasteiger partial charge < -0.3 is 4.90 Å². The second kappa shape index (κ2) is 9.19. The van der Waals surface area contributed by atoms with Gasteiger partial charge in [-0.05, 0) is 42.0 Å². The van der Waals surface area contributed by atoms with E-state index in [9.17, 15) is 41.3 Å². The minimum Gasteiger partial charge on any atom is -0.348 e. The van der Waals surface area contributed by atoms with E-state index in [1.807, 2.05) is 4.90 Å². The minimum absolute atomic E-state index is 0.0117. The van der Waals surface area contributed by atoms with Crippen LogP contribution in [0.15, 0.2) is 41.2 Å². The molecule has 2 saturated heterocycles. The molecule has 0 N–H and O–H groups in total. The zero-order valence-electron chi connectivity index (χ0n) is 19.6. The Morgan fingerprint density at radius 1 is 0.974 bits per heavy atom. The number of hydrogen-bond acceptors (Lipinski definition) is 7. The normalized spacial score (nSPS) is 18.1. The molecule has 2 aliphatic rings. The molecule has 0 unspecified atom stereocenters. The van der Waals surface area contributed by atoms with E-state index in [2.05, 4.69) is 9.88 Å². The number of benzene rings is 2. The zero-order chi connectivity index (χ0) is 27.5. The molecule has 5 rings (SSSR count). The third-order valence-corrected chi connectivity index (χ3v) is 8.28. The number of non-ortho nitro benzene ring substituents is 1. The first kappa shape index (κ1) is 26.4. The SMILES string of the molecule is O=c1nc(N2CCC3(CC2)CN(Cc2ccc(C(F)(F)F)cc2)C3)sc2c([N+](=O)[O-])cc(C(F)(F)F)cc12. The summed E-state index contributed by atoms with van der Waals surface area (Å²) in [6, 6.07) is 6.12. The lowest BCUT2D eigenvalue weighted by molar-refractivity contribution is -0.383. The van der Waals surface area contributed by atoms with Gasteiger partial charge in [-0.2, -0.15) is 31.3 Å². The monoisotopic (exact) mass is 558 g/mol. The molecule has 1 aromatic heterocycles. The van der Waals surface area contributed by atoms with Crippen molar-refractivity contribution < 1.29 is 31.3 Å². The molecule has 7 nitrogen and oxygen atoms in total. The van der Waals surface area contributed by atoms with Crippen LogP contribution in [-0.4, -0.2) is 41.0 Å². The van der Waals surface area contributed by atoms with Crippen LogP contribution in [0.1, 0.15) is 29.5 Å². The molecule has 0 atom stereocenters. The molecule has 0 amide bonds. The van der Waals surface area contributed by atoms with Crippen LogP contribution >= 0.6 is 11.3 Å². The highest BCUT2D eigenvalue weighted by Gasteiger charge is 2.45. The number of halogens is 6. The number of likely N-dealkylation sites (tertiary alicyclic amines) is 1. The largest absolute Gasteiger partial charge is 0.416 e. The maximum Gasteiger partial charge on any atom is 0.416 e. The van der Waals surface area contributed by atoms with E-state index in [1.54, 1.807) is 0 Å². The van der Waals surface area contributed by atoms with Crippen molar-refractivity contribution in [2.75, 3.05) is 31.1 Å². The number of anilines is 1. The Kier molecular flexibility index (Phi) is 6.37. The maximum absolute atomic E-state index is 13.2. The van der Waals surface area contributed by atoms with Crippen LogP contribution in [0.25, 0.3) is 10.1 Å². The number of piperidine rings is 1. The van der Waals surface area contributed by atoms with Crippen molar-refractivity contribution in [3.8, 4) is 0 Å². The number of alkyl halides is 6. The van der Waals surface area contributed by atoms with Crippen LogP contribution in [0, 0.1) is 15.5 Å². The van der Waals surface area contributed by atoms with Crippen LogP contribution in [-0.2, 0) is 18.9 Å². The summed E-state index contributed by atoms with van der Waals surface area (Å²) < 4.78 is 77.7. The van der Waals surface area contributed by atoms with Crippen LogP contribution in [0.2, 0.25) is 0 Å². The van der Waals surface area contributed by atoms with E-state index in [0.29, 0.717) is 31.8 Å². The number of aromatic nitrogens is 1. The summed E-state index contributed by atoms with van der Waals surface area (Å²) in [6.45, 7) is 3.07. The molecule has 0 saturated carbocycles. The average Bonchev–Trinajstić information content (AvgIpc) is 2.82. The summed E-state index contributed by atoms with van der Waals surface area (Å²) >= 11 is 0.828. The molecule has 0 radical (unpaired) electrons. The van der Waals surface area contributed by atoms with Gasteiger partial charge in [0.25, 0.3) is 11.2 Å². The van der Waals surface area contributed by atoms with Crippen molar-refractivity contribution in [3.05, 3.63) is 73.6 Å². The Morgan fingerprint density at radius 2 is 1.58 bits per heavy atom. The number of nitro benzene ring substituents is 1. The van der Waals surface area contributed by atoms with Crippen molar-refractivity contribution in [3.63, 3.8) is 0 Å². The van der Waals surface area contributed by atoms with E-state index in [-0.39, 0.29) is 15.2 Å². The van der Waals surface area contributed by atoms with E-state index in [0.717, 1.165) is 55.0 Å². The fourth-order valence-electron chi connectivity index (χ4n) is 5.14.